The van der Waals surface area contributed by atoms with Gasteiger partial charge in [0, 0.05) is 16.9 Å². The Hall–Kier alpha value is -2.75. The highest BCUT2D eigenvalue weighted by atomic mass is 32.2. The molecule has 0 radical (unpaired) electrons. The first-order valence-corrected chi connectivity index (χ1v) is 8.45. The Balaban J connectivity index is 1.51. The van der Waals surface area contributed by atoms with Crippen LogP contribution < -0.4 is 5.32 Å². The highest BCUT2D eigenvalue weighted by molar-refractivity contribution is 8.00. The molecule has 9 nitrogen and oxygen atoms in total. The van der Waals surface area contributed by atoms with Gasteiger partial charge in [0.15, 0.2) is 5.71 Å². The molecule has 0 bridgehead atoms. The number of ether oxygens (including phenoxy) is 1. The lowest BCUT2D eigenvalue weighted by atomic mass is 10.0. The van der Waals surface area contributed by atoms with Crippen LogP contribution in [0.15, 0.2) is 39.4 Å². The SMILES string of the molecule is CON=C(C(=O)NC1C(=O)N2C3=C(COC3=O)CSC12)c1ccoc1. The fraction of sp³-hybridized carbons (Fsp3) is 0.333. The topological polar surface area (TPSA) is 110 Å². The van der Waals surface area contributed by atoms with Crippen LogP contribution in [0.2, 0.25) is 0 Å². The molecule has 0 aliphatic carbocycles. The molecule has 25 heavy (non-hydrogen) atoms. The van der Waals surface area contributed by atoms with Crippen LogP contribution in [0.1, 0.15) is 5.56 Å². The minimum Gasteiger partial charge on any atom is -0.472 e. The number of rotatable bonds is 4. The second kappa shape index (κ2) is 5.96. The third-order valence-corrected chi connectivity index (χ3v) is 5.44. The summed E-state index contributed by atoms with van der Waals surface area (Å²) < 4.78 is 9.93. The van der Waals surface area contributed by atoms with Crippen molar-refractivity contribution >= 4 is 35.3 Å². The molecule has 3 aliphatic rings. The normalized spacial score (nSPS) is 25.2. The van der Waals surface area contributed by atoms with Gasteiger partial charge in [0.25, 0.3) is 11.8 Å². The molecule has 1 N–H and O–H groups in total. The Bertz CT molecular complexity index is 815. The van der Waals surface area contributed by atoms with E-state index in [4.69, 9.17) is 14.0 Å². The zero-order chi connectivity index (χ0) is 17.6. The predicted molar refractivity (Wildman–Crippen MR) is 85.3 cm³/mol. The number of amides is 2. The molecule has 0 aromatic carbocycles. The molecular formula is C15H13N3O6S. The number of thioether (sulfide) groups is 1. The summed E-state index contributed by atoms with van der Waals surface area (Å²) >= 11 is 1.48. The number of hydrogen-bond donors (Lipinski definition) is 1. The first-order valence-electron chi connectivity index (χ1n) is 7.40. The van der Waals surface area contributed by atoms with Crippen molar-refractivity contribution in [3.63, 3.8) is 0 Å². The molecule has 1 fully saturated rings. The predicted octanol–water partition coefficient (Wildman–Crippen LogP) is -0.159. The van der Waals surface area contributed by atoms with Gasteiger partial charge in [-0.1, -0.05) is 5.16 Å². The van der Waals surface area contributed by atoms with E-state index < -0.39 is 17.9 Å². The molecule has 4 rings (SSSR count). The van der Waals surface area contributed by atoms with Gasteiger partial charge in [-0.05, 0) is 6.07 Å². The minimum absolute atomic E-state index is 0.00323. The van der Waals surface area contributed by atoms with Crippen LogP contribution in [0.5, 0.6) is 0 Å². The standard InChI is InChI=1S/C15H13N3O6S/c1-22-17-9(7-2-3-23-4-7)12(19)16-10-13(20)18-11-8(5-24-15(11)21)6-25-14(10)18/h2-4,10,14H,5-6H2,1H3,(H,16,19). The molecule has 1 saturated heterocycles. The second-order valence-electron chi connectivity index (χ2n) is 5.52. The maximum Gasteiger partial charge on any atom is 0.355 e. The van der Waals surface area contributed by atoms with E-state index in [1.54, 1.807) is 6.07 Å². The molecule has 10 heteroatoms. The zero-order valence-corrected chi connectivity index (χ0v) is 13.9. The molecule has 3 aliphatic heterocycles. The second-order valence-corrected chi connectivity index (χ2v) is 6.63. The van der Waals surface area contributed by atoms with Crippen LogP contribution in [0.3, 0.4) is 0 Å². The Kier molecular flexibility index (Phi) is 3.75. The van der Waals surface area contributed by atoms with Crippen LogP contribution >= 0.6 is 11.8 Å². The summed E-state index contributed by atoms with van der Waals surface area (Å²) in [5.74, 6) is -0.808. The molecule has 2 unspecified atom stereocenters. The number of furan rings is 1. The van der Waals surface area contributed by atoms with Crippen molar-refractivity contribution in [2.75, 3.05) is 19.5 Å². The highest BCUT2D eigenvalue weighted by Crippen LogP contribution is 2.42. The summed E-state index contributed by atoms with van der Waals surface area (Å²) in [6.07, 6.45) is 2.76. The summed E-state index contributed by atoms with van der Waals surface area (Å²) in [5, 5.41) is 6.02. The molecule has 2 amide bonds. The third kappa shape index (κ3) is 2.40. The van der Waals surface area contributed by atoms with Crippen molar-refractivity contribution in [2.45, 2.75) is 11.4 Å². The number of carbonyl (C=O) groups excluding carboxylic acids is 3. The number of nitrogens with one attached hydrogen (secondary N) is 1. The molecular weight excluding hydrogens is 350 g/mol. The Labute approximate surface area is 146 Å². The van der Waals surface area contributed by atoms with Crippen LogP contribution in [-0.2, 0) is 24.0 Å². The lowest BCUT2D eigenvalue weighted by Gasteiger charge is -2.48. The van der Waals surface area contributed by atoms with E-state index in [-0.39, 0.29) is 23.6 Å². The molecule has 1 aromatic heterocycles. The van der Waals surface area contributed by atoms with Gasteiger partial charge in [-0.2, -0.15) is 0 Å². The number of cyclic esters (lactones) is 1. The fourth-order valence-corrected chi connectivity index (χ4v) is 4.26. The lowest BCUT2D eigenvalue weighted by Crippen LogP contribution is -2.70. The molecule has 0 spiro atoms. The number of β-lactam (4-membered cyclic amide) rings is 1. The maximum atomic E-state index is 12.5. The first-order chi connectivity index (χ1) is 12.1. The van der Waals surface area contributed by atoms with Crippen LogP contribution in [-0.4, -0.2) is 59.3 Å². The van der Waals surface area contributed by atoms with Crippen molar-refractivity contribution in [1.29, 1.82) is 0 Å². The maximum absolute atomic E-state index is 12.5. The lowest BCUT2D eigenvalue weighted by molar-refractivity contribution is -0.150. The quantitative estimate of drug-likeness (QED) is 0.342. The van der Waals surface area contributed by atoms with Crippen molar-refractivity contribution in [1.82, 2.24) is 10.2 Å². The average molecular weight is 363 g/mol. The van der Waals surface area contributed by atoms with Gasteiger partial charge in [-0.25, -0.2) is 4.79 Å². The zero-order valence-electron chi connectivity index (χ0n) is 13.1. The van der Waals surface area contributed by atoms with Crippen LogP contribution in [0, 0.1) is 0 Å². The van der Waals surface area contributed by atoms with Gasteiger partial charge in [0.05, 0.1) is 12.5 Å². The monoisotopic (exact) mass is 363 g/mol. The van der Waals surface area contributed by atoms with Crippen LogP contribution in [0.25, 0.3) is 0 Å². The fourth-order valence-electron chi connectivity index (χ4n) is 2.93. The summed E-state index contributed by atoms with van der Waals surface area (Å²) in [6.45, 7) is 0.222. The Morgan fingerprint density at radius 2 is 2.32 bits per heavy atom. The van der Waals surface area contributed by atoms with E-state index in [1.165, 1.54) is 36.3 Å². The highest BCUT2D eigenvalue weighted by Gasteiger charge is 2.55. The smallest absolute Gasteiger partial charge is 0.355 e. The Morgan fingerprint density at radius 1 is 1.48 bits per heavy atom. The average Bonchev–Trinajstić information content (AvgIpc) is 3.26. The first kappa shape index (κ1) is 15.8. The van der Waals surface area contributed by atoms with E-state index in [1.807, 2.05) is 0 Å². The summed E-state index contributed by atoms with van der Waals surface area (Å²) in [5.41, 5.74) is 1.57. The van der Waals surface area contributed by atoms with Crippen molar-refractivity contribution in [3.8, 4) is 0 Å². The Morgan fingerprint density at radius 3 is 3.04 bits per heavy atom. The van der Waals surface area contributed by atoms with Gasteiger partial charge in [-0.3, -0.25) is 14.5 Å². The van der Waals surface area contributed by atoms with Crippen molar-refractivity contribution < 1.29 is 28.4 Å². The number of nitrogens with zero attached hydrogens (tertiary/aromatic N) is 2. The van der Waals surface area contributed by atoms with E-state index in [9.17, 15) is 14.4 Å². The van der Waals surface area contributed by atoms with E-state index in [0.29, 0.717) is 17.0 Å². The van der Waals surface area contributed by atoms with Crippen LogP contribution in [0.4, 0.5) is 0 Å². The summed E-state index contributed by atoms with van der Waals surface area (Å²) in [6, 6.07) is 0.821. The van der Waals surface area contributed by atoms with Crippen molar-refractivity contribution in [3.05, 3.63) is 35.4 Å². The number of fused-ring (bicyclic) bond motifs is 2. The number of oxime groups is 1. The van der Waals surface area contributed by atoms with Gasteiger partial charge < -0.3 is 19.3 Å². The van der Waals surface area contributed by atoms with Gasteiger partial charge in [0.1, 0.15) is 30.8 Å². The van der Waals surface area contributed by atoms with E-state index in [2.05, 4.69) is 10.5 Å². The number of carbonyl (C=O) groups is 3. The number of hydrogen-bond acceptors (Lipinski definition) is 8. The van der Waals surface area contributed by atoms with Crippen molar-refractivity contribution in [2.24, 2.45) is 5.16 Å². The molecule has 130 valence electrons. The third-order valence-electron chi connectivity index (χ3n) is 4.10. The minimum atomic E-state index is -0.742. The molecule has 4 heterocycles. The van der Waals surface area contributed by atoms with Gasteiger partial charge in [-0.15, -0.1) is 11.8 Å². The van der Waals surface area contributed by atoms with E-state index in [0.717, 1.165) is 5.57 Å². The largest absolute Gasteiger partial charge is 0.472 e. The molecule has 0 saturated carbocycles. The van der Waals surface area contributed by atoms with Gasteiger partial charge >= 0.3 is 5.97 Å². The van der Waals surface area contributed by atoms with E-state index >= 15 is 0 Å². The summed E-state index contributed by atoms with van der Waals surface area (Å²) in [7, 11) is 1.32. The summed E-state index contributed by atoms with van der Waals surface area (Å²) in [4.78, 5) is 42.9. The van der Waals surface area contributed by atoms with Gasteiger partial charge in [0.2, 0.25) is 0 Å². The number of esters is 1. The molecule has 2 atom stereocenters. The molecule has 1 aromatic rings.